The van der Waals surface area contributed by atoms with Crippen LogP contribution >= 0.6 is 0 Å². The van der Waals surface area contributed by atoms with Gasteiger partial charge >= 0.3 is 0 Å². The molecule has 1 aromatic heterocycles. The summed E-state index contributed by atoms with van der Waals surface area (Å²) in [4.78, 5) is 14.3. The molecule has 1 saturated heterocycles. The molecule has 23 heavy (non-hydrogen) atoms. The first-order chi connectivity index (χ1) is 11.1. The molecular formula is C16H18FN3O3. The third-order valence-electron chi connectivity index (χ3n) is 3.94. The first kappa shape index (κ1) is 15.6. The second kappa shape index (κ2) is 6.47. The highest BCUT2D eigenvalue weighted by Crippen LogP contribution is 2.21. The Kier molecular flexibility index (Phi) is 4.40. The Labute approximate surface area is 133 Å². The van der Waals surface area contributed by atoms with Crippen molar-refractivity contribution in [1.82, 2.24) is 14.7 Å². The smallest absolute Gasteiger partial charge is 0.272 e. The van der Waals surface area contributed by atoms with Crippen LogP contribution in [0.25, 0.3) is 11.3 Å². The molecule has 1 atom stereocenters. The molecule has 1 aliphatic rings. The molecule has 1 aromatic carbocycles. The van der Waals surface area contributed by atoms with Crippen molar-refractivity contribution in [1.29, 1.82) is 0 Å². The van der Waals surface area contributed by atoms with E-state index in [4.69, 9.17) is 4.74 Å². The van der Waals surface area contributed by atoms with E-state index in [0.717, 1.165) is 5.56 Å². The van der Waals surface area contributed by atoms with E-state index >= 15 is 0 Å². The first-order valence-corrected chi connectivity index (χ1v) is 7.39. The molecule has 0 spiro atoms. The molecule has 1 aliphatic heterocycles. The number of morpholine rings is 1. The van der Waals surface area contributed by atoms with E-state index in [0.29, 0.717) is 31.1 Å². The van der Waals surface area contributed by atoms with Crippen molar-refractivity contribution < 1.29 is 19.0 Å². The number of rotatable bonds is 3. The number of carbonyl (C=O) groups excluding carboxylic acids is 1. The Morgan fingerprint density at radius 1 is 1.43 bits per heavy atom. The molecule has 1 fully saturated rings. The van der Waals surface area contributed by atoms with Crippen LogP contribution in [-0.4, -0.2) is 58.1 Å². The van der Waals surface area contributed by atoms with Crippen molar-refractivity contribution in [2.45, 2.75) is 6.04 Å². The molecule has 3 rings (SSSR count). The topological polar surface area (TPSA) is 67.6 Å². The summed E-state index contributed by atoms with van der Waals surface area (Å²) in [6.45, 7) is 1.06. The minimum Gasteiger partial charge on any atom is -0.394 e. The Morgan fingerprint density at radius 3 is 2.87 bits per heavy atom. The van der Waals surface area contributed by atoms with Crippen LogP contribution in [0.2, 0.25) is 0 Å². The summed E-state index contributed by atoms with van der Waals surface area (Å²) >= 11 is 0. The third kappa shape index (κ3) is 3.11. The summed E-state index contributed by atoms with van der Waals surface area (Å²) in [5.74, 6) is -0.518. The fourth-order valence-corrected chi connectivity index (χ4v) is 2.65. The summed E-state index contributed by atoms with van der Waals surface area (Å²) in [7, 11) is 1.69. The fourth-order valence-electron chi connectivity index (χ4n) is 2.65. The zero-order chi connectivity index (χ0) is 16.4. The van der Waals surface area contributed by atoms with Crippen LogP contribution in [0.5, 0.6) is 0 Å². The largest absolute Gasteiger partial charge is 0.394 e. The van der Waals surface area contributed by atoms with Crippen molar-refractivity contribution in [3.8, 4) is 11.3 Å². The van der Waals surface area contributed by atoms with Gasteiger partial charge in [-0.1, -0.05) is 0 Å². The molecule has 2 aromatic rings. The highest BCUT2D eigenvalue weighted by molar-refractivity contribution is 5.94. The van der Waals surface area contributed by atoms with E-state index < -0.39 is 0 Å². The molecule has 1 amide bonds. The Morgan fingerprint density at radius 2 is 2.17 bits per heavy atom. The number of hydrogen-bond acceptors (Lipinski definition) is 4. The van der Waals surface area contributed by atoms with Gasteiger partial charge in [0.1, 0.15) is 11.5 Å². The number of nitrogens with zero attached hydrogens (tertiary/aromatic N) is 3. The van der Waals surface area contributed by atoms with Gasteiger partial charge < -0.3 is 14.7 Å². The number of aromatic nitrogens is 2. The Balaban J connectivity index is 1.88. The number of ether oxygens (including phenoxy) is 1. The van der Waals surface area contributed by atoms with E-state index in [1.807, 2.05) is 0 Å². The lowest BCUT2D eigenvalue weighted by Gasteiger charge is -2.34. The number of halogens is 1. The monoisotopic (exact) mass is 319 g/mol. The summed E-state index contributed by atoms with van der Waals surface area (Å²) in [6, 6.07) is 7.29. The van der Waals surface area contributed by atoms with E-state index in [1.165, 1.54) is 16.8 Å². The maximum absolute atomic E-state index is 13.0. The quantitative estimate of drug-likeness (QED) is 0.918. The second-order valence-electron chi connectivity index (χ2n) is 5.46. The van der Waals surface area contributed by atoms with E-state index in [2.05, 4.69) is 5.10 Å². The zero-order valence-corrected chi connectivity index (χ0v) is 12.8. The third-order valence-corrected chi connectivity index (χ3v) is 3.94. The predicted molar refractivity (Wildman–Crippen MR) is 81.3 cm³/mol. The van der Waals surface area contributed by atoms with Crippen molar-refractivity contribution in [2.24, 2.45) is 7.05 Å². The molecular weight excluding hydrogens is 301 g/mol. The minimum absolute atomic E-state index is 0.144. The van der Waals surface area contributed by atoms with Crippen LogP contribution in [-0.2, 0) is 11.8 Å². The molecule has 7 heteroatoms. The van der Waals surface area contributed by atoms with Gasteiger partial charge in [-0.05, 0) is 30.3 Å². The van der Waals surface area contributed by atoms with Gasteiger partial charge in [0.05, 0.1) is 31.6 Å². The fraction of sp³-hybridized carbons (Fsp3) is 0.375. The lowest BCUT2D eigenvalue weighted by molar-refractivity contribution is -0.0188. The van der Waals surface area contributed by atoms with Crippen molar-refractivity contribution in [3.63, 3.8) is 0 Å². The Hall–Kier alpha value is -2.25. The lowest BCUT2D eigenvalue weighted by atomic mass is 10.1. The van der Waals surface area contributed by atoms with Crippen LogP contribution in [0.1, 0.15) is 10.5 Å². The molecule has 6 nitrogen and oxygen atoms in total. The average molecular weight is 319 g/mol. The molecule has 2 heterocycles. The molecule has 0 radical (unpaired) electrons. The number of amides is 1. The number of aliphatic hydroxyl groups is 1. The molecule has 0 aliphatic carbocycles. The summed E-state index contributed by atoms with van der Waals surface area (Å²) in [5.41, 5.74) is 1.76. The van der Waals surface area contributed by atoms with Crippen LogP contribution in [0.3, 0.4) is 0 Å². The zero-order valence-electron chi connectivity index (χ0n) is 12.8. The standard InChI is InChI=1S/C16H18FN3O3/c1-19-15(16(22)20-6-7-23-10-13(20)9-21)8-14(18-19)11-2-4-12(17)5-3-11/h2-5,8,13,21H,6-7,9-10H2,1H3. The van der Waals surface area contributed by atoms with Crippen LogP contribution in [0.15, 0.2) is 30.3 Å². The molecule has 1 unspecified atom stereocenters. The number of aryl methyl sites for hydroxylation is 1. The summed E-state index contributed by atoms with van der Waals surface area (Å²) in [5, 5.41) is 13.7. The van der Waals surface area contributed by atoms with Gasteiger partial charge in [0.15, 0.2) is 0 Å². The van der Waals surface area contributed by atoms with Gasteiger partial charge in [0.2, 0.25) is 0 Å². The molecule has 0 bridgehead atoms. The van der Waals surface area contributed by atoms with Gasteiger partial charge in [0, 0.05) is 19.2 Å². The number of hydrogen-bond donors (Lipinski definition) is 1. The highest BCUT2D eigenvalue weighted by Gasteiger charge is 2.29. The van der Waals surface area contributed by atoms with Gasteiger partial charge in [-0.3, -0.25) is 9.48 Å². The summed E-state index contributed by atoms with van der Waals surface area (Å²) in [6.07, 6.45) is 0. The van der Waals surface area contributed by atoms with E-state index in [1.54, 1.807) is 30.1 Å². The van der Waals surface area contributed by atoms with Gasteiger partial charge in [-0.15, -0.1) is 0 Å². The minimum atomic E-state index is -0.347. The van der Waals surface area contributed by atoms with Gasteiger partial charge in [-0.25, -0.2) is 4.39 Å². The Bertz CT molecular complexity index is 699. The average Bonchev–Trinajstić information content (AvgIpc) is 2.96. The first-order valence-electron chi connectivity index (χ1n) is 7.39. The number of carbonyl (C=O) groups is 1. The van der Waals surface area contributed by atoms with Crippen LogP contribution < -0.4 is 0 Å². The van der Waals surface area contributed by atoms with Crippen LogP contribution in [0.4, 0.5) is 4.39 Å². The van der Waals surface area contributed by atoms with Crippen molar-refractivity contribution in [2.75, 3.05) is 26.4 Å². The number of benzene rings is 1. The highest BCUT2D eigenvalue weighted by atomic mass is 19.1. The van der Waals surface area contributed by atoms with E-state index in [-0.39, 0.29) is 24.4 Å². The predicted octanol–water partition coefficient (Wildman–Crippen LogP) is 1.06. The summed E-state index contributed by atoms with van der Waals surface area (Å²) < 4.78 is 19.8. The van der Waals surface area contributed by atoms with Crippen molar-refractivity contribution in [3.05, 3.63) is 41.8 Å². The lowest BCUT2D eigenvalue weighted by Crippen LogP contribution is -2.50. The van der Waals surface area contributed by atoms with Gasteiger partial charge in [0.25, 0.3) is 5.91 Å². The van der Waals surface area contributed by atoms with E-state index in [9.17, 15) is 14.3 Å². The number of aliphatic hydroxyl groups excluding tert-OH is 1. The maximum atomic E-state index is 13.0. The maximum Gasteiger partial charge on any atom is 0.272 e. The SMILES string of the molecule is Cn1nc(-c2ccc(F)cc2)cc1C(=O)N1CCOCC1CO. The molecule has 1 N–H and O–H groups in total. The normalized spacial score (nSPS) is 18.2. The molecule has 0 saturated carbocycles. The van der Waals surface area contributed by atoms with Gasteiger partial charge in [-0.2, -0.15) is 5.10 Å². The van der Waals surface area contributed by atoms with Crippen LogP contribution in [0, 0.1) is 5.82 Å². The molecule has 122 valence electrons. The van der Waals surface area contributed by atoms with Crippen molar-refractivity contribution >= 4 is 5.91 Å². The second-order valence-corrected chi connectivity index (χ2v) is 5.46.